The fourth-order valence-corrected chi connectivity index (χ4v) is 0.802. The summed E-state index contributed by atoms with van der Waals surface area (Å²) in [5.74, 6) is 0. The highest BCUT2D eigenvalue weighted by Crippen LogP contribution is 1.96. The normalized spacial score (nSPS) is 16.9. The lowest BCUT2D eigenvalue weighted by atomic mass is 10.2. The van der Waals surface area contributed by atoms with E-state index in [1.165, 1.54) is 32.4 Å². The van der Waals surface area contributed by atoms with Gasteiger partial charge in [-0.1, -0.05) is 6.42 Å². The lowest BCUT2D eigenvalue weighted by Crippen LogP contribution is -2.21. The van der Waals surface area contributed by atoms with Gasteiger partial charge in [-0.05, 0) is 25.9 Å². The molecule has 1 heterocycles. The lowest BCUT2D eigenvalue weighted by molar-refractivity contribution is 0.220. The van der Waals surface area contributed by atoms with Gasteiger partial charge in [-0.3, -0.25) is 0 Å². The number of nitrogens with one attached hydrogen (secondary N) is 1. The Kier molecular flexibility index (Phi) is 6.64. The first-order valence-corrected chi connectivity index (χ1v) is 3.70. The number of hydrogen-bond donors (Lipinski definition) is 2. The monoisotopic (exact) mass is 165 g/mol. The molecule has 0 aromatic carbocycles. The minimum absolute atomic E-state index is 1.25. The Morgan fingerprint density at radius 1 is 1.30 bits per heavy atom. The van der Waals surface area contributed by atoms with Crippen LogP contribution in [0.1, 0.15) is 19.3 Å². The third kappa shape index (κ3) is 10.7. The smallest absolute Gasteiger partial charge is 0.401 e. The van der Waals surface area contributed by atoms with Crippen LogP contribution in [0.5, 0.6) is 0 Å². The summed E-state index contributed by atoms with van der Waals surface area (Å²) in [5, 5.41) is 10.5. The second kappa shape index (κ2) is 6.83. The average molecular weight is 166 g/mol. The Balaban J connectivity index is 0.000000180. The van der Waals surface area contributed by atoms with E-state index >= 15 is 0 Å². The maximum atomic E-state index is 8.77. The van der Waals surface area contributed by atoms with E-state index in [0.29, 0.717) is 0 Å². The van der Waals surface area contributed by atoms with Crippen LogP contribution in [-0.2, 0) is 0 Å². The van der Waals surface area contributed by atoms with Gasteiger partial charge in [0.1, 0.15) is 0 Å². The van der Waals surface area contributed by atoms with E-state index in [1.807, 2.05) is 0 Å². The molecule has 0 radical (unpaired) electrons. The van der Waals surface area contributed by atoms with E-state index in [9.17, 15) is 0 Å². The van der Waals surface area contributed by atoms with Crippen molar-refractivity contribution < 1.29 is 9.90 Å². The second-order valence-electron chi connectivity index (χ2n) is 2.06. The van der Waals surface area contributed by atoms with Crippen LogP contribution in [0, 0.1) is 0 Å². The molecule has 60 valence electrons. The Labute approximate surface area is 65.4 Å². The zero-order valence-corrected chi connectivity index (χ0v) is 6.52. The first-order chi connectivity index (χ1) is 4.73. The van der Waals surface area contributed by atoms with Crippen molar-refractivity contribution in [3.05, 3.63) is 0 Å². The van der Waals surface area contributed by atoms with E-state index in [2.05, 4.69) is 16.9 Å². The van der Waals surface area contributed by atoms with Crippen LogP contribution in [0.25, 0.3) is 0 Å². The van der Waals surface area contributed by atoms with Crippen molar-refractivity contribution in [2.45, 2.75) is 19.3 Å². The summed E-state index contributed by atoms with van der Waals surface area (Å²) in [4.78, 5) is 8.77. The second-order valence-corrected chi connectivity index (χ2v) is 2.39. The summed E-state index contributed by atoms with van der Waals surface area (Å²) < 4.78 is 0. The molecule has 1 aliphatic heterocycles. The van der Waals surface area contributed by atoms with Crippen LogP contribution in [0.2, 0.25) is 0 Å². The van der Waals surface area contributed by atoms with E-state index in [0.717, 1.165) is 0 Å². The number of piperidine rings is 1. The van der Waals surface area contributed by atoms with Crippen LogP contribution in [0.15, 0.2) is 0 Å². The minimum atomic E-state index is -1.36. The molecule has 1 fully saturated rings. The lowest BCUT2D eigenvalue weighted by Gasteiger charge is -2.08. The van der Waals surface area contributed by atoms with Crippen LogP contribution in [0.4, 0.5) is 4.79 Å². The zero-order chi connectivity index (χ0) is 7.82. The Bertz CT molecular complexity index is 78.2. The van der Waals surface area contributed by atoms with Gasteiger partial charge in [0.05, 0.1) is 0 Å². The molecule has 3 nitrogen and oxygen atoms in total. The van der Waals surface area contributed by atoms with Crippen molar-refractivity contribution in [2.75, 3.05) is 13.1 Å². The van der Waals surface area contributed by atoms with Crippen LogP contribution < -0.4 is 5.32 Å². The Morgan fingerprint density at radius 3 is 1.80 bits per heavy atom. The van der Waals surface area contributed by atoms with Gasteiger partial charge in [-0.15, -0.1) is 0 Å². The summed E-state index contributed by atoms with van der Waals surface area (Å²) >= 11 is 4.19. The molecular formula is C6H12ClNO2. The molecule has 0 unspecified atom stereocenters. The number of carboxylic acid groups (broad SMARTS) is 1. The minimum Gasteiger partial charge on any atom is -0.469 e. The largest absolute Gasteiger partial charge is 0.469 e. The van der Waals surface area contributed by atoms with Gasteiger partial charge < -0.3 is 10.4 Å². The van der Waals surface area contributed by atoms with Crippen molar-refractivity contribution in [1.29, 1.82) is 0 Å². The van der Waals surface area contributed by atoms with Gasteiger partial charge in [0.2, 0.25) is 0 Å². The maximum Gasteiger partial charge on any atom is 0.401 e. The highest BCUT2D eigenvalue weighted by atomic mass is 35.5. The molecule has 1 aliphatic rings. The average Bonchev–Trinajstić information content (AvgIpc) is 1.90. The van der Waals surface area contributed by atoms with Crippen LogP contribution >= 0.6 is 11.6 Å². The summed E-state index contributed by atoms with van der Waals surface area (Å²) in [6, 6.07) is 0. The van der Waals surface area contributed by atoms with Gasteiger partial charge in [0, 0.05) is 11.6 Å². The molecule has 4 heteroatoms. The molecule has 0 saturated carbocycles. The fraction of sp³-hybridized carbons (Fsp3) is 0.833. The molecule has 0 aromatic heterocycles. The predicted octanol–water partition coefficient (Wildman–Crippen LogP) is 1.66. The molecule has 0 bridgehead atoms. The van der Waals surface area contributed by atoms with E-state index in [-0.39, 0.29) is 0 Å². The summed E-state index contributed by atoms with van der Waals surface area (Å²) in [6.45, 7) is 2.50. The Hall–Kier alpha value is -0.280. The van der Waals surface area contributed by atoms with Crippen molar-refractivity contribution in [3.63, 3.8) is 0 Å². The zero-order valence-electron chi connectivity index (χ0n) is 5.77. The van der Waals surface area contributed by atoms with Gasteiger partial charge in [-0.2, -0.15) is 0 Å². The van der Waals surface area contributed by atoms with Crippen molar-refractivity contribution in [2.24, 2.45) is 0 Å². The molecule has 0 aliphatic carbocycles. The number of carbonyl (C=O) groups is 1. The van der Waals surface area contributed by atoms with Gasteiger partial charge in [-0.25, -0.2) is 4.79 Å². The van der Waals surface area contributed by atoms with Gasteiger partial charge in [0.25, 0.3) is 0 Å². The SMILES string of the molecule is C1CCNCC1.O=C(O)Cl. The molecule has 0 atom stereocenters. The van der Waals surface area contributed by atoms with E-state index in [4.69, 9.17) is 9.90 Å². The van der Waals surface area contributed by atoms with Crippen LogP contribution in [0.3, 0.4) is 0 Å². The maximum absolute atomic E-state index is 8.77. The summed E-state index contributed by atoms with van der Waals surface area (Å²) in [6.07, 6.45) is 4.22. The highest BCUT2D eigenvalue weighted by Gasteiger charge is 1.93. The third-order valence-electron chi connectivity index (χ3n) is 1.21. The van der Waals surface area contributed by atoms with Crippen LogP contribution in [-0.4, -0.2) is 23.6 Å². The van der Waals surface area contributed by atoms with Gasteiger partial charge in [0.15, 0.2) is 0 Å². The fourth-order valence-electron chi connectivity index (χ4n) is 0.802. The van der Waals surface area contributed by atoms with Gasteiger partial charge >= 0.3 is 5.43 Å². The molecule has 1 rings (SSSR count). The molecule has 2 N–H and O–H groups in total. The third-order valence-corrected chi connectivity index (χ3v) is 1.21. The Morgan fingerprint density at radius 2 is 1.70 bits per heavy atom. The topological polar surface area (TPSA) is 49.3 Å². The summed E-state index contributed by atoms with van der Waals surface area (Å²) in [7, 11) is 0. The highest BCUT2D eigenvalue weighted by molar-refractivity contribution is 6.60. The first-order valence-electron chi connectivity index (χ1n) is 3.32. The molecular weight excluding hydrogens is 154 g/mol. The summed E-state index contributed by atoms with van der Waals surface area (Å²) in [5.41, 5.74) is -1.36. The number of halogens is 1. The molecule has 1 saturated heterocycles. The molecule has 10 heavy (non-hydrogen) atoms. The molecule has 0 aromatic rings. The number of hydrogen-bond acceptors (Lipinski definition) is 2. The standard InChI is InChI=1S/C5H11N.CHClO2/c1-2-4-6-5-3-1;2-1(3)4/h6H,1-5H2;(H,3,4). The molecule has 0 amide bonds. The van der Waals surface area contributed by atoms with Crippen molar-refractivity contribution in [3.8, 4) is 0 Å². The number of rotatable bonds is 0. The van der Waals surface area contributed by atoms with Crippen molar-refractivity contribution in [1.82, 2.24) is 5.32 Å². The predicted molar refractivity (Wildman–Crippen MR) is 40.6 cm³/mol. The quantitative estimate of drug-likeness (QED) is 0.537. The molecule has 0 spiro atoms. The van der Waals surface area contributed by atoms with Crippen molar-refractivity contribution >= 4 is 17.0 Å². The first kappa shape index (κ1) is 9.72. The van der Waals surface area contributed by atoms with E-state index in [1.54, 1.807) is 0 Å². The van der Waals surface area contributed by atoms with E-state index < -0.39 is 5.43 Å².